The van der Waals surface area contributed by atoms with Gasteiger partial charge in [-0.1, -0.05) is 18.2 Å². The fraction of sp³-hybridized carbons (Fsp3) is 0.400. The van der Waals surface area contributed by atoms with Crippen molar-refractivity contribution in [1.29, 1.82) is 0 Å². The number of piperazine rings is 1. The van der Waals surface area contributed by atoms with E-state index in [0.29, 0.717) is 51.4 Å². The number of pyridine rings is 1. The van der Waals surface area contributed by atoms with Crippen LogP contribution in [0.15, 0.2) is 48.7 Å². The molecular formula is C30H35N5O4. The summed E-state index contributed by atoms with van der Waals surface area (Å²) < 4.78 is 5.09. The highest BCUT2D eigenvalue weighted by atomic mass is 16.6. The first kappa shape index (κ1) is 26.5. The predicted octanol–water partition coefficient (Wildman–Crippen LogP) is 4.21. The van der Waals surface area contributed by atoms with E-state index in [1.807, 2.05) is 60.5 Å². The standard InChI is InChI=1S/C30H35N5O4/c1-3-39-30(38)35-18-16-34(17-19-35)29(37)25-10-8-21(2)32-28(25)22-12-14-33(15-13-22)27(36)11-9-23-20-31-26-7-5-4-6-24(23)26/h4-11,20,22,31H,3,12-19H2,1-2H3. The van der Waals surface area contributed by atoms with Crippen LogP contribution in [0.3, 0.4) is 0 Å². The number of benzene rings is 1. The summed E-state index contributed by atoms with van der Waals surface area (Å²) in [5.74, 6) is 0.0409. The molecule has 204 valence electrons. The van der Waals surface area contributed by atoms with Gasteiger partial charge in [-0.3, -0.25) is 14.6 Å². The summed E-state index contributed by atoms with van der Waals surface area (Å²) in [7, 11) is 0. The largest absolute Gasteiger partial charge is 0.450 e. The van der Waals surface area contributed by atoms with E-state index in [9.17, 15) is 14.4 Å². The number of fused-ring (bicyclic) bond motifs is 1. The maximum absolute atomic E-state index is 13.5. The monoisotopic (exact) mass is 529 g/mol. The molecule has 2 aliphatic rings. The van der Waals surface area contributed by atoms with Gasteiger partial charge < -0.3 is 24.4 Å². The van der Waals surface area contributed by atoms with E-state index in [4.69, 9.17) is 9.72 Å². The van der Waals surface area contributed by atoms with Gasteiger partial charge in [0.2, 0.25) is 5.91 Å². The minimum Gasteiger partial charge on any atom is -0.450 e. The number of nitrogens with one attached hydrogen (secondary N) is 1. The summed E-state index contributed by atoms with van der Waals surface area (Å²) in [5, 5.41) is 1.09. The van der Waals surface area contributed by atoms with E-state index >= 15 is 0 Å². The zero-order valence-corrected chi connectivity index (χ0v) is 22.6. The summed E-state index contributed by atoms with van der Waals surface area (Å²) in [4.78, 5) is 51.8. The molecule has 39 heavy (non-hydrogen) atoms. The van der Waals surface area contributed by atoms with Crippen molar-refractivity contribution >= 4 is 34.9 Å². The maximum Gasteiger partial charge on any atom is 0.409 e. The number of piperidine rings is 1. The van der Waals surface area contributed by atoms with Crippen LogP contribution in [0, 0.1) is 6.92 Å². The lowest BCUT2D eigenvalue weighted by atomic mass is 9.89. The van der Waals surface area contributed by atoms with Crippen molar-refractivity contribution in [3.63, 3.8) is 0 Å². The van der Waals surface area contributed by atoms with Crippen LogP contribution >= 0.6 is 0 Å². The molecular weight excluding hydrogens is 494 g/mol. The van der Waals surface area contributed by atoms with Gasteiger partial charge in [0.05, 0.1) is 17.9 Å². The Morgan fingerprint density at radius 2 is 1.69 bits per heavy atom. The minimum atomic E-state index is -0.333. The molecule has 0 bridgehead atoms. The molecule has 3 aromatic rings. The van der Waals surface area contributed by atoms with E-state index in [0.717, 1.165) is 40.7 Å². The van der Waals surface area contributed by atoms with Gasteiger partial charge in [-0.15, -0.1) is 0 Å². The number of aromatic nitrogens is 2. The molecule has 4 heterocycles. The third kappa shape index (κ3) is 5.82. The fourth-order valence-corrected chi connectivity index (χ4v) is 5.42. The zero-order chi connectivity index (χ0) is 27.4. The molecule has 9 nitrogen and oxygen atoms in total. The lowest BCUT2D eigenvalue weighted by Crippen LogP contribution is -2.51. The number of aromatic amines is 1. The van der Waals surface area contributed by atoms with Gasteiger partial charge in [-0.2, -0.15) is 0 Å². The van der Waals surface area contributed by atoms with Crippen LogP contribution in [0.4, 0.5) is 4.79 Å². The number of carbonyl (C=O) groups excluding carboxylic acids is 3. The number of H-pyrrole nitrogens is 1. The number of rotatable bonds is 5. The molecule has 2 aromatic heterocycles. The lowest BCUT2D eigenvalue weighted by molar-refractivity contribution is -0.127. The molecule has 1 aromatic carbocycles. The first-order valence-corrected chi connectivity index (χ1v) is 13.7. The van der Waals surface area contributed by atoms with Gasteiger partial charge in [0.15, 0.2) is 0 Å². The number of hydrogen-bond acceptors (Lipinski definition) is 5. The van der Waals surface area contributed by atoms with Crippen molar-refractivity contribution in [2.24, 2.45) is 0 Å². The fourth-order valence-electron chi connectivity index (χ4n) is 5.42. The summed E-state index contributed by atoms with van der Waals surface area (Å²) >= 11 is 0. The normalized spacial score (nSPS) is 16.7. The average molecular weight is 530 g/mol. The Balaban J connectivity index is 1.21. The second-order valence-electron chi connectivity index (χ2n) is 10.1. The molecule has 0 atom stereocenters. The van der Waals surface area contributed by atoms with Gasteiger partial charge >= 0.3 is 6.09 Å². The van der Waals surface area contributed by atoms with Crippen molar-refractivity contribution in [2.45, 2.75) is 32.6 Å². The van der Waals surface area contributed by atoms with Crippen molar-refractivity contribution in [2.75, 3.05) is 45.9 Å². The topological polar surface area (TPSA) is 98.8 Å². The van der Waals surface area contributed by atoms with Crippen molar-refractivity contribution in [3.8, 4) is 0 Å². The highest BCUT2D eigenvalue weighted by Gasteiger charge is 2.31. The van der Waals surface area contributed by atoms with Crippen LogP contribution in [-0.2, 0) is 9.53 Å². The van der Waals surface area contributed by atoms with Crippen molar-refractivity contribution in [3.05, 3.63) is 71.2 Å². The van der Waals surface area contributed by atoms with Gasteiger partial charge in [0, 0.05) is 74.1 Å². The molecule has 0 spiro atoms. The summed E-state index contributed by atoms with van der Waals surface area (Å²) in [5.41, 5.74) is 4.34. The Labute approximate surface area is 228 Å². The molecule has 1 N–H and O–H groups in total. The number of carbonyl (C=O) groups is 3. The summed E-state index contributed by atoms with van der Waals surface area (Å²) in [6, 6.07) is 11.8. The lowest BCUT2D eigenvalue weighted by Gasteiger charge is -2.35. The van der Waals surface area contributed by atoms with Crippen LogP contribution in [0.5, 0.6) is 0 Å². The van der Waals surface area contributed by atoms with E-state index < -0.39 is 0 Å². The Bertz CT molecular complexity index is 1380. The van der Waals surface area contributed by atoms with E-state index in [2.05, 4.69) is 4.98 Å². The third-order valence-corrected chi connectivity index (χ3v) is 7.61. The van der Waals surface area contributed by atoms with Gasteiger partial charge in [-0.05, 0) is 56.5 Å². The first-order valence-electron chi connectivity index (χ1n) is 13.7. The van der Waals surface area contributed by atoms with Gasteiger partial charge in [0.1, 0.15) is 0 Å². The second-order valence-corrected chi connectivity index (χ2v) is 10.1. The molecule has 0 aliphatic carbocycles. The number of likely N-dealkylation sites (tertiary alicyclic amines) is 1. The smallest absolute Gasteiger partial charge is 0.409 e. The quantitative estimate of drug-likeness (QED) is 0.500. The van der Waals surface area contributed by atoms with Crippen LogP contribution in [-0.4, -0.2) is 88.5 Å². The van der Waals surface area contributed by atoms with Crippen LogP contribution in [0.25, 0.3) is 17.0 Å². The molecule has 2 aliphatic heterocycles. The van der Waals surface area contributed by atoms with Crippen molar-refractivity contribution < 1.29 is 19.1 Å². The van der Waals surface area contributed by atoms with E-state index in [1.54, 1.807) is 22.8 Å². The summed E-state index contributed by atoms with van der Waals surface area (Å²) in [6.07, 6.45) is 6.60. The van der Waals surface area contributed by atoms with Crippen LogP contribution < -0.4 is 0 Å². The molecule has 0 saturated carbocycles. The average Bonchev–Trinajstić information content (AvgIpc) is 3.39. The van der Waals surface area contributed by atoms with Crippen LogP contribution in [0.1, 0.15) is 53.0 Å². The van der Waals surface area contributed by atoms with Gasteiger partial charge in [-0.25, -0.2) is 4.79 Å². The molecule has 2 fully saturated rings. The van der Waals surface area contributed by atoms with E-state index in [-0.39, 0.29) is 23.8 Å². The third-order valence-electron chi connectivity index (χ3n) is 7.61. The number of para-hydroxylation sites is 1. The SMILES string of the molecule is CCOC(=O)N1CCN(C(=O)c2ccc(C)nc2C2CCN(C(=O)C=Cc3c[nH]c4ccccc34)CC2)CC1. The predicted molar refractivity (Wildman–Crippen MR) is 149 cm³/mol. The number of hydrogen-bond donors (Lipinski definition) is 1. The zero-order valence-electron chi connectivity index (χ0n) is 22.6. The second kappa shape index (κ2) is 11.7. The summed E-state index contributed by atoms with van der Waals surface area (Å²) in [6.45, 7) is 7.10. The molecule has 9 heteroatoms. The van der Waals surface area contributed by atoms with Gasteiger partial charge in [0.25, 0.3) is 5.91 Å². The number of amides is 3. The Morgan fingerprint density at radius 3 is 2.44 bits per heavy atom. The number of ether oxygens (including phenoxy) is 1. The molecule has 2 saturated heterocycles. The van der Waals surface area contributed by atoms with Crippen molar-refractivity contribution in [1.82, 2.24) is 24.7 Å². The Kier molecular flexibility index (Phi) is 7.95. The Hall–Kier alpha value is -4.14. The Morgan fingerprint density at radius 1 is 0.974 bits per heavy atom. The van der Waals surface area contributed by atoms with Crippen LogP contribution in [0.2, 0.25) is 0 Å². The van der Waals surface area contributed by atoms with E-state index in [1.165, 1.54) is 0 Å². The minimum absolute atomic E-state index is 0.00768. The highest BCUT2D eigenvalue weighted by molar-refractivity contribution is 5.97. The maximum atomic E-state index is 13.5. The molecule has 0 unspecified atom stereocenters. The molecule has 5 rings (SSSR count). The molecule has 0 radical (unpaired) electrons. The first-order chi connectivity index (χ1) is 18.9. The number of aryl methyl sites for hydroxylation is 1. The highest BCUT2D eigenvalue weighted by Crippen LogP contribution is 2.30. The molecule has 3 amide bonds. The number of nitrogens with zero attached hydrogens (tertiary/aromatic N) is 4.